The number of rotatable bonds is 39. The van der Waals surface area contributed by atoms with Crippen LogP contribution in [-0.2, 0) is 23.8 Å². The molecule has 0 heterocycles. The fraction of sp³-hybridized carbons (Fsp3) is 0.826. The number of esters is 2. The van der Waals surface area contributed by atoms with Crippen molar-refractivity contribution < 1.29 is 23.8 Å². The summed E-state index contributed by atoms with van der Waals surface area (Å²) in [6, 6.07) is 0. The van der Waals surface area contributed by atoms with Crippen molar-refractivity contribution in [1.29, 1.82) is 0 Å². The summed E-state index contributed by atoms with van der Waals surface area (Å²) in [5.41, 5.74) is 0. The van der Waals surface area contributed by atoms with E-state index in [1.165, 1.54) is 109 Å². The molecule has 0 aromatic rings. The molecule has 0 rings (SSSR count). The standard InChI is InChI=1S/C46H84O5/c1-6-10-13-15-16-17-18-19-20-21-22-23-24-27-30-34-42(5)49-39-43(9-4)40-50-45(47)37-32-28-25-26-29-33-38-46(48)51-41-44(35-12-8-3)36-31-14-11-7-2/h16-17,19-20,43-44H,5-15,18,21-41H2,1-4H3/b17-16-,20-19-. The average molecular weight is 717 g/mol. The average Bonchev–Trinajstić information content (AvgIpc) is 3.13. The van der Waals surface area contributed by atoms with E-state index in [-0.39, 0.29) is 17.9 Å². The molecule has 0 aromatic heterocycles. The maximum atomic E-state index is 12.3. The molecule has 0 N–H and O–H groups in total. The molecule has 51 heavy (non-hydrogen) atoms. The van der Waals surface area contributed by atoms with Crippen LogP contribution < -0.4 is 0 Å². The summed E-state index contributed by atoms with van der Waals surface area (Å²) in [4.78, 5) is 24.6. The smallest absolute Gasteiger partial charge is 0.305 e. The molecule has 0 spiro atoms. The summed E-state index contributed by atoms with van der Waals surface area (Å²) < 4.78 is 17.2. The zero-order chi connectivity index (χ0) is 37.5. The number of ether oxygens (including phenoxy) is 3. The Morgan fingerprint density at radius 1 is 0.471 bits per heavy atom. The highest BCUT2D eigenvalue weighted by Gasteiger charge is 2.13. The monoisotopic (exact) mass is 717 g/mol. The number of hydrogen-bond acceptors (Lipinski definition) is 5. The van der Waals surface area contributed by atoms with E-state index in [4.69, 9.17) is 14.2 Å². The molecule has 0 fully saturated rings. The summed E-state index contributed by atoms with van der Waals surface area (Å²) in [6.07, 6.45) is 41.5. The van der Waals surface area contributed by atoms with Crippen LogP contribution in [0.1, 0.15) is 214 Å². The molecule has 0 saturated heterocycles. The van der Waals surface area contributed by atoms with Crippen molar-refractivity contribution in [1.82, 2.24) is 0 Å². The lowest BCUT2D eigenvalue weighted by atomic mass is 9.96. The van der Waals surface area contributed by atoms with Crippen LogP contribution in [0.2, 0.25) is 0 Å². The molecule has 2 unspecified atom stereocenters. The van der Waals surface area contributed by atoms with Gasteiger partial charge < -0.3 is 14.2 Å². The summed E-state index contributed by atoms with van der Waals surface area (Å²) >= 11 is 0. The van der Waals surface area contributed by atoms with E-state index >= 15 is 0 Å². The molecule has 5 heteroatoms. The van der Waals surface area contributed by atoms with Crippen molar-refractivity contribution >= 4 is 11.9 Å². The highest BCUT2D eigenvalue weighted by atomic mass is 16.5. The number of unbranched alkanes of at least 4 members (excludes halogenated alkanes) is 17. The molecule has 0 aromatic carbocycles. The molecule has 0 saturated carbocycles. The van der Waals surface area contributed by atoms with Crippen LogP contribution in [0.5, 0.6) is 0 Å². The number of allylic oxidation sites excluding steroid dienone is 5. The van der Waals surface area contributed by atoms with Gasteiger partial charge in [0.2, 0.25) is 0 Å². The van der Waals surface area contributed by atoms with E-state index in [1.807, 2.05) is 0 Å². The molecule has 0 aliphatic carbocycles. The molecule has 298 valence electrons. The molecular weight excluding hydrogens is 633 g/mol. The van der Waals surface area contributed by atoms with E-state index in [9.17, 15) is 9.59 Å². The van der Waals surface area contributed by atoms with Gasteiger partial charge in [-0.25, -0.2) is 0 Å². The van der Waals surface area contributed by atoms with Gasteiger partial charge in [-0.3, -0.25) is 9.59 Å². The van der Waals surface area contributed by atoms with Crippen LogP contribution in [0.15, 0.2) is 36.6 Å². The summed E-state index contributed by atoms with van der Waals surface area (Å²) in [7, 11) is 0. The van der Waals surface area contributed by atoms with Crippen molar-refractivity contribution in [3.05, 3.63) is 36.6 Å². The van der Waals surface area contributed by atoms with Gasteiger partial charge in [0.1, 0.15) is 0 Å². The van der Waals surface area contributed by atoms with Crippen LogP contribution in [0.25, 0.3) is 0 Å². The van der Waals surface area contributed by atoms with Gasteiger partial charge in [0.15, 0.2) is 0 Å². The van der Waals surface area contributed by atoms with E-state index in [1.54, 1.807) is 0 Å². The van der Waals surface area contributed by atoms with E-state index in [0.717, 1.165) is 70.0 Å². The second-order valence-corrected chi connectivity index (χ2v) is 14.9. The first-order chi connectivity index (χ1) is 25.0. The van der Waals surface area contributed by atoms with Crippen molar-refractivity contribution in [2.75, 3.05) is 19.8 Å². The Morgan fingerprint density at radius 2 is 0.902 bits per heavy atom. The Balaban J connectivity index is 3.75. The third-order valence-electron chi connectivity index (χ3n) is 9.91. The highest BCUT2D eigenvalue weighted by molar-refractivity contribution is 5.69. The SMILES string of the molecule is C=C(CCCCCCC/C=C\C/C=C\CCCCC)OCC(CC)COC(=O)CCCCCCCCC(=O)OCC(CCCC)CCCCCC. The molecule has 0 radical (unpaired) electrons. The van der Waals surface area contributed by atoms with Gasteiger partial charge in [-0.1, -0.05) is 155 Å². The molecule has 0 bridgehead atoms. The lowest BCUT2D eigenvalue weighted by Crippen LogP contribution is -2.18. The third-order valence-corrected chi connectivity index (χ3v) is 9.91. The minimum absolute atomic E-state index is 0.0371. The van der Waals surface area contributed by atoms with Gasteiger partial charge in [0.25, 0.3) is 0 Å². The Kier molecular flexibility index (Phi) is 37.6. The Morgan fingerprint density at radius 3 is 1.47 bits per heavy atom. The first-order valence-corrected chi connectivity index (χ1v) is 21.9. The van der Waals surface area contributed by atoms with Gasteiger partial charge in [0.05, 0.1) is 25.6 Å². The zero-order valence-corrected chi connectivity index (χ0v) is 34.3. The highest BCUT2D eigenvalue weighted by Crippen LogP contribution is 2.19. The Labute approximate surface area is 317 Å². The van der Waals surface area contributed by atoms with E-state index in [0.29, 0.717) is 38.6 Å². The normalized spacial score (nSPS) is 12.8. The van der Waals surface area contributed by atoms with Crippen LogP contribution in [0.4, 0.5) is 0 Å². The lowest BCUT2D eigenvalue weighted by Gasteiger charge is -2.17. The first kappa shape index (κ1) is 49.0. The molecule has 0 aliphatic heterocycles. The predicted octanol–water partition coefficient (Wildman–Crippen LogP) is 14.3. The molecule has 0 amide bonds. The topological polar surface area (TPSA) is 61.8 Å². The predicted molar refractivity (Wildman–Crippen MR) is 219 cm³/mol. The van der Waals surface area contributed by atoms with Crippen LogP contribution in [-0.4, -0.2) is 31.8 Å². The third kappa shape index (κ3) is 36.1. The summed E-state index contributed by atoms with van der Waals surface area (Å²) in [5, 5.41) is 0. The quantitative estimate of drug-likeness (QED) is 0.0274. The van der Waals surface area contributed by atoms with E-state index in [2.05, 4.69) is 58.6 Å². The molecule has 2 atom stereocenters. The number of carbonyl (C=O) groups is 2. The van der Waals surface area contributed by atoms with Crippen LogP contribution in [0.3, 0.4) is 0 Å². The van der Waals surface area contributed by atoms with Crippen LogP contribution in [0, 0.1) is 11.8 Å². The minimum atomic E-state index is -0.109. The maximum Gasteiger partial charge on any atom is 0.305 e. The van der Waals surface area contributed by atoms with E-state index < -0.39 is 0 Å². The largest absolute Gasteiger partial charge is 0.498 e. The van der Waals surface area contributed by atoms with Crippen molar-refractivity contribution in [3.8, 4) is 0 Å². The fourth-order valence-electron chi connectivity index (χ4n) is 6.20. The van der Waals surface area contributed by atoms with Crippen molar-refractivity contribution in [2.45, 2.75) is 214 Å². The van der Waals surface area contributed by atoms with Gasteiger partial charge in [-0.05, 0) is 76.5 Å². The number of carbonyl (C=O) groups excluding carboxylic acids is 2. The second kappa shape index (κ2) is 39.2. The van der Waals surface area contributed by atoms with Gasteiger partial charge >= 0.3 is 11.9 Å². The maximum absolute atomic E-state index is 12.3. The zero-order valence-electron chi connectivity index (χ0n) is 34.3. The molecular formula is C46H84O5. The summed E-state index contributed by atoms with van der Waals surface area (Å²) in [5.74, 6) is 1.43. The Hall–Kier alpha value is -2.04. The second-order valence-electron chi connectivity index (χ2n) is 14.9. The molecule has 5 nitrogen and oxygen atoms in total. The van der Waals surface area contributed by atoms with Crippen LogP contribution >= 0.6 is 0 Å². The number of hydrogen-bond donors (Lipinski definition) is 0. The first-order valence-electron chi connectivity index (χ1n) is 21.9. The van der Waals surface area contributed by atoms with Gasteiger partial charge in [-0.15, -0.1) is 0 Å². The lowest BCUT2D eigenvalue weighted by molar-refractivity contribution is -0.146. The molecule has 0 aliphatic rings. The fourth-order valence-corrected chi connectivity index (χ4v) is 6.20. The Bertz CT molecular complexity index is 847. The van der Waals surface area contributed by atoms with Gasteiger partial charge in [0, 0.05) is 25.2 Å². The van der Waals surface area contributed by atoms with Crippen molar-refractivity contribution in [2.24, 2.45) is 11.8 Å². The summed E-state index contributed by atoms with van der Waals surface area (Å²) in [6.45, 7) is 14.5. The van der Waals surface area contributed by atoms with Crippen molar-refractivity contribution in [3.63, 3.8) is 0 Å². The minimum Gasteiger partial charge on any atom is -0.498 e. The van der Waals surface area contributed by atoms with Gasteiger partial charge in [-0.2, -0.15) is 0 Å².